The highest BCUT2D eigenvalue weighted by atomic mass is 35.7. The average Bonchev–Trinajstić information content (AvgIpc) is 2.77. The summed E-state index contributed by atoms with van der Waals surface area (Å²) in [6, 6.07) is 0. The minimum atomic E-state index is -4.03. The van der Waals surface area contributed by atoms with Crippen molar-refractivity contribution in [2.75, 3.05) is 6.54 Å². The topological polar surface area (TPSA) is 91.9 Å². The van der Waals surface area contributed by atoms with E-state index in [4.69, 9.17) is 10.7 Å². The van der Waals surface area contributed by atoms with Crippen LogP contribution in [0, 0.1) is 11.3 Å². The van der Waals surface area contributed by atoms with Crippen LogP contribution in [0.15, 0.2) is 4.90 Å². The molecule has 1 rings (SSSR count). The van der Waals surface area contributed by atoms with Crippen molar-refractivity contribution in [2.45, 2.75) is 45.9 Å². The highest BCUT2D eigenvalue weighted by molar-refractivity contribution is 8.13. The van der Waals surface area contributed by atoms with E-state index in [0.717, 1.165) is 0 Å². The molecule has 0 saturated carbocycles. The predicted octanol–water partition coefficient (Wildman–Crippen LogP) is 2.31. The predicted molar refractivity (Wildman–Crippen MR) is 82.0 cm³/mol. The first-order valence-corrected chi connectivity index (χ1v) is 9.09. The van der Waals surface area contributed by atoms with E-state index < -0.39 is 15.0 Å². The third-order valence-electron chi connectivity index (χ3n) is 3.65. The molecule has 6 nitrogen and oxygen atoms in total. The Morgan fingerprint density at radius 2 is 2.00 bits per heavy atom. The van der Waals surface area contributed by atoms with Crippen molar-refractivity contribution in [3.05, 3.63) is 11.4 Å². The molecule has 120 valence electrons. The lowest BCUT2D eigenvalue weighted by molar-refractivity contribution is 0.0928. The number of hydrogen-bond acceptors (Lipinski definition) is 4. The van der Waals surface area contributed by atoms with Crippen molar-refractivity contribution in [3.63, 3.8) is 0 Å². The largest absolute Gasteiger partial charge is 0.350 e. The van der Waals surface area contributed by atoms with Crippen LogP contribution in [-0.2, 0) is 15.5 Å². The van der Waals surface area contributed by atoms with Crippen molar-refractivity contribution in [2.24, 2.45) is 11.3 Å². The number of carbonyl (C=O) groups excluding carboxylic acids is 1. The molecule has 0 fully saturated rings. The number of nitrogens with zero attached hydrogens (tertiary/aromatic N) is 1. The van der Waals surface area contributed by atoms with E-state index in [1.165, 1.54) is 0 Å². The molecule has 0 saturated heterocycles. The summed E-state index contributed by atoms with van der Waals surface area (Å²) in [5.41, 5.74) is 0.191. The smallest absolute Gasteiger partial charge is 0.273 e. The molecule has 2 N–H and O–H groups in total. The van der Waals surface area contributed by atoms with Crippen LogP contribution < -0.4 is 5.32 Å². The maximum absolute atomic E-state index is 12.2. The van der Waals surface area contributed by atoms with Gasteiger partial charge in [0.25, 0.3) is 15.0 Å². The van der Waals surface area contributed by atoms with Crippen LogP contribution in [0.2, 0.25) is 0 Å². The average molecular weight is 336 g/mol. The highest BCUT2D eigenvalue weighted by Crippen LogP contribution is 2.25. The lowest BCUT2D eigenvalue weighted by Gasteiger charge is -2.27. The third-order valence-corrected chi connectivity index (χ3v) is 5.04. The van der Waals surface area contributed by atoms with Gasteiger partial charge in [0.15, 0.2) is 5.69 Å². The summed E-state index contributed by atoms with van der Waals surface area (Å²) >= 11 is 0. The molecule has 0 aliphatic rings. The van der Waals surface area contributed by atoms with E-state index in [-0.39, 0.29) is 21.9 Å². The molecule has 8 heteroatoms. The van der Waals surface area contributed by atoms with Crippen LogP contribution in [0.3, 0.4) is 0 Å². The van der Waals surface area contributed by atoms with Gasteiger partial charge in [0.05, 0.1) is 5.69 Å². The first-order valence-electron chi connectivity index (χ1n) is 6.78. The molecule has 0 aliphatic heterocycles. The molecule has 21 heavy (non-hydrogen) atoms. The number of carbonyl (C=O) groups is 1. The number of aromatic amines is 1. The van der Waals surface area contributed by atoms with E-state index in [1.54, 1.807) is 6.92 Å². The Morgan fingerprint density at radius 1 is 1.43 bits per heavy atom. The Hall–Kier alpha value is -1.08. The lowest BCUT2D eigenvalue weighted by Crippen LogP contribution is -2.34. The number of halogens is 1. The van der Waals surface area contributed by atoms with Gasteiger partial charge in [0.2, 0.25) is 0 Å². The van der Waals surface area contributed by atoms with Crippen LogP contribution in [-0.4, -0.2) is 31.1 Å². The van der Waals surface area contributed by atoms with Gasteiger partial charge < -0.3 is 5.32 Å². The Kier molecular flexibility index (Phi) is 5.44. The first kappa shape index (κ1) is 18.0. The molecular formula is C13H22ClN3O3S. The molecule has 1 aromatic heterocycles. The van der Waals surface area contributed by atoms with Crippen LogP contribution >= 0.6 is 10.7 Å². The van der Waals surface area contributed by atoms with Crippen molar-refractivity contribution >= 4 is 25.6 Å². The summed E-state index contributed by atoms with van der Waals surface area (Å²) in [6.07, 6.45) is 0.389. The van der Waals surface area contributed by atoms with Gasteiger partial charge in [0, 0.05) is 17.2 Å². The van der Waals surface area contributed by atoms with Crippen molar-refractivity contribution in [1.29, 1.82) is 0 Å². The van der Waals surface area contributed by atoms with Gasteiger partial charge in [-0.3, -0.25) is 9.89 Å². The minimum Gasteiger partial charge on any atom is -0.350 e. The number of H-pyrrole nitrogens is 1. The molecule has 1 atom stereocenters. The summed E-state index contributed by atoms with van der Waals surface area (Å²) in [7, 11) is 1.37. The van der Waals surface area contributed by atoms with Gasteiger partial charge in [-0.15, -0.1) is 0 Å². The van der Waals surface area contributed by atoms with Crippen LogP contribution in [0.4, 0.5) is 0 Å². The van der Waals surface area contributed by atoms with Crippen LogP contribution in [0.1, 0.15) is 50.8 Å². The second-order valence-electron chi connectivity index (χ2n) is 6.15. The summed E-state index contributed by atoms with van der Waals surface area (Å²) < 4.78 is 23.2. The second-order valence-corrected chi connectivity index (χ2v) is 8.65. The fourth-order valence-corrected chi connectivity index (χ4v) is 3.01. The standard InChI is InChI=1S/C13H22ClN3O3S/c1-6-9-11(21(14,19)20)10(17-16-9)12(18)15-7-8(2)13(3,4)5/h8H,6-7H2,1-5H3,(H,15,18)(H,16,17). The summed E-state index contributed by atoms with van der Waals surface area (Å²) in [5.74, 6) is -0.316. The molecule has 0 aliphatic carbocycles. The van der Waals surface area contributed by atoms with Crippen LogP contribution in [0.5, 0.6) is 0 Å². The number of amides is 1. The highest BCUT2D eigenvalue weighted by Gasteiger charge is 2.28. The maximum atomic E-state index is 12.2. The molecule has 1 heterocycles. The zero-order chi connectivity index (χ0) is 16.4. The number of aromatic nitrogens is 2. The van der Waals surface area contributed by atoms with Crippen molar-refractivity contribution in [1.82, 2.24) is 15.5 Å². The SMILES string of the molecule is CCc1[nH]nc(C(=O)NCC(C)C(C)(C)C)c1S(=O)(=O)Cl. The van der Waals surface area contributed by atoms with E-state index in [1.807, 2.05) is 6.92 Å². The lowest BCUT2D eigenvalue weighted by atomic mass is 9.82. The van der Waals surface area contributed by atoms with Gasteiger partial charge in [-0.05, 0) is 17.8 Å². The molecule has 1 aromatic rings. The monoisotopic (exact) mass is 335 g/mol. The van der Waals surface area contributed by atoms with Crippen molar-refractivity contribution in [3.8, 4) is 0 Å². The number of rotatable bonds is 5. The van der Waals surface area contributed by atoms with Gasteiger partial charge in [0.1, 0.15) is 4.90 Å². The fraction of sp³-hybridized carbons (Fsp3) is 0.692. The molecule has 0 aromatic carbocycles. The zero-order valence-corrected chi connectivity index (χ0v) is 14.5. The normalized spacial score (nSPS) is 14.0. The number of nitrogens with one attached hydrogen (secondary N) is 2. The van der Waals surface area contributed by atoms with Gasteiger partial charge in [-0.25, -0.2) is 8.42 Å². The Balaban J connectivity index is 2.97. The maximum Gasteiger partial charge on any atom is 0.273 e. The molecule has 0 radical (unpaired) electrons. The summed E-state index contributed by atoms with van der Waals surface area (Å²) in [6.45, 7) is 10.4. The van der Waals surface area contributed by atoms with E-state index >= 15 is 0 Å². The van der Waals surface area contributed by atoms with Gasteiger partial charge >= 0.3 is 0 Å². The summed E-state index contributed by atoms with van der Waals surface area (Å²) in [4.78, 5) is 11.9. The molecule has 1 amide bonds. The van der Waals surface area contributed by atoms with E-state index in [0.29, 0.717) is 18.7 Å². The Bertz CT molecular complexity index is 617. The first-order chi connectivity index (χ1) is 9.48. The second kappa shape index (κ2) is 6.36. The summed E-state index contributed by atoms with van der Waals surface area (Å²) in [5, 5.41) is 9.06. The molecule has 1 unspecified atom stereocenters. The Morgan fingerprint density at radius 3 is 2.43 bits per heavy atom. The third kappa shape index (κ3) is 4.44. The zero-order valence-electron chi connectivity index (χ0n) is 12.9. The van der Waals surface area contributed by atoms with Crippen molar-refractivity contribution < 1.29 is 13.2 Å². The molecular weight excluding hydrogens is 314 g/mol. The quantitative estimate of drug-likeness (QED) is 0.808. The fourth-order valence-electron chi connectivity index (χ4n) is 1.66. The minimum absolute atomic E-state index is 0.0365. The molecule has 0 spiro atoms. The van der Waals surface area contributed by atoms with E-state index in [2.05, 4.69) is 36.3 Å². The van der Waals surface area contributed by atoms with E-state index in [9.17, 15) is 13.2 Å². The van der Waals surface area contributed by atoms with Gasteiger partial charge in [-0.2, -0.15) is 5.10 Å². The van der Waals surface area contributed by atoms with Crippen LogP contribution in [0.25, 0.3) is 0 Å². The molecule has 0 bridgehead atoms. The number of aryl methyl sites for hydroxylation is 1. The number of hydrogen-bond donors (Lipinski definition) is 2. The Labute approximate surface area is 130 Å². The van der Waals surface area contributed by atoms with Gasteiger partial charge in [-0.1, -0.05) is 34.6 Å².